The minimum atomic E-state index is -0.445. The predicted octanol–water partition coefficient (Wildman–Crippen LogP) is 3.82. The first kappa shape index (κ1) is 16.0. The van der Waals surface area contributed by atoms with E-state index in [1.165, 1.54) is 11.3 Å². The minimum Gasteiger partial charge on any atom is -0.445 e. The molecule has 24 heavy (non-hydrogen) atoms. The summed E-state index contributed by atoms with van der Waals surface area (Å²) in [7, 11) is 0. The molecule has 0 fully saturated rings. The molecule has 0 saturated heterocycles. The Morgan fingerprint density at radius 1 is 1.21 bits per heavy atom. The Kier molecular flexibility index (Phi) is 5.08. The van der Waals surface area contributed by atoms with Crippen molar-refractivity contribution < 1.29 is 9.53 Å². The second kappa shape index (κ2) is 7.61. The lowest BCUT2D eigenvalue weighted by atomic mass is 10.2. The molecule has 3 aromatic rings. The third-order valence-corrected chi connectivity index (χ3v) is 4.19. The molecule has 0 unspecified atom stereocenters. The molecule has 0 saturated carbocycles. The Labute approximate surface area is 143 Å². The fraction of sp³-hybridized carbons (Fsp3) is 0.111. The van der Waals surface area contributed by atoms with Gasteiger partial charge in [-0.1, -0.05) is 66.0 Å². The lowest BCUT2D eigenvalue weighted by molar-refractivity contribution is 0.141. The van der Waals surface area contributed by atoms with E-state index in [1.807, 2.05) is 60.7 Å². The van der Waals surface area contributed by atoms with Gasteiger partial charge in [0, 0.05) is 12.1 Å². The number of hydrogen-bond acceptors (Lipinski definition) is 5. The molecule has 0 aliphatic carbocycles. The van der Waals surface area contributed by atoms with E-state index in [0.29, 0.717) is 11.7 Å². The number of hydrogen-bond donors (Lipinski definition) is 2. The van der Waals surface area contributed by atoms with E-state index in [1.54, 1.807) is 0 Å². The SMILES string of the molecule is Nc1nc2c(C=CCNC(=O)OCc3ccccc3)cccc2s1. The Hall–Kier alpha value is -2.86. The van der Waals surface area contributed by atoms with Crippen LogP contribution in [0, 0.1) is 0 Å². The van der Waals surface area contributed by atoms with E-state index < -0.39 is 6.09 Å². The van der Waals surface area contributed by atoms with E-state index in [4.69, 9.17) is 10.5 Å². The number of anilines is 1. The molecular weight excluding hydrogens is 322 g/mol. The van der Waals surface area contributed by atoms with Gasteiger partial charge in [-0.05, 0) is 11.6 Å². The largest absolute Gasteiger partial charge is 0.445 e. The molecule has 0 atom stereocenters. The average molecular weight is 339 g/mol. The van der Waals surface area contributed by atoms with Crippen molar-refractivity contribution in [2.75, 3.05) is 12.3 Å². The van der Waals surface area contributed by atoms with E-state index in [2.05, 4.69) is 10.3 Å². The smallest absolute Gasteiger partial charge is 0.407 e. The number of nitrogens with one attached hydrogen (secondary N) is 1. The monoisotopic (exact) mass is 339 g/mol. The Bertz CT molecular complexity index is 859. The highest BCUT2D eigenvalue weighted by Gasteiger charge is 2.04. The molecule has 5 nitrogen and oxygen atoms in total. The number of alkyl carbamates (subject to hydrolysis) is 1. The van der Waals surface area contributed by atoms with Crippen LogP contribution in [0.3, 0.4) is 0 Å². The first-order valence-corrected chi connectivity index (χ1v) is 8.30. The lowest BCUT2D eigenvalue weighted by Crippen LogP contribution is -2.24. The minimum absolute atomic E-state index is 0.258. The quantitative estimate of drug-likeness (QED) is 0.741. The fourth-order valence-electron chi connectivity index (χ4n) is 2.22. The van der Waals surface area contributed by atoms with Crippen LogP contribution < -0.4 is 11.1 Å². The van der Waals surface area contributed by atoms with Crippen molar-refractivity contribution in [2.24, 2.45) is 0 Å². The summed E-state index contributed by atoms with van der Waals surface area (Å²) in [5.74, 6) is 0. The maximum Gasteiger partial charge on any atom is 0.407 e. The van der Waals surface area contributed by atoms with Crippen molar-refractivity contribution in [3.8, 4) is 0 Å². The number of nitrogen functional groups attached to an aromatic ring is 1. The van der Waals surface area contributed by atoms with Gasteiger partial charge in [0.15, 0.2) is 5.13 Å². The van der Waals surface area contributed by atoms with Crippen molar-refractivity contribution in [1.29, 1.82) is 0 Å². The summed E-state index contributed by atoms with van der Waals surface area (Å²) in [6, 6.07) is 15.5. The molecule has 3 N–H and O–H groups in total. The van der Waals surface area contributed by atoms with Crippen LogP contribution in [-0.4, -0.2) is 17.6 Å². The maximum atomic E-state index is 11.6. The predicted molar refractivity (Wildman–Crippen MR) is 97.7 cm³/mol. The lowest BCUT2D eigenvalue weighted by Gasteiger charge is -2.05. The third kappa shape index (κ3) is 4.11. The van der Waals surface area contributed by atoms with E-state index >= 15 is 0 Å². The second-order valence-electron chi connectivity index (χ2n) is 5.09. The van der Waals surface area contributed by atoms with Crippen molar-refractivity contribution in [1.82, 2.24) is 10.3 Å². The number of fused-ring (bicyclic) bond motifs is 1. The van der Waals surface area contributed by atoms with Crippen LogP contribution in [0.2, 0.25) is 0 Å². The highest BCUT2D eigenvalue weighted by atomic mass is 32.1. The molecule has 1 amide bonds. The highest BCUT2D eigenvalue weighted by Crippen LogP contribution is 2.26. The Morgan fingerprint density at radius 3 is 2.88 bits per heavy atom. The van der Waals surface area contributed by atoms with E-state index in [9.17, 15) is 4.79 Å². The van der Waals surface area contributed by atoms with Gasteiger partial charge in [-0.25, -0.2) is 9.78 Å². The van der Waals surface area contributed by atoms with Crippen molar-refractivity contribution in [3.63, 3.8) is 0 Å². The molecular formula is C18H17N3O2S. The zero-order valence-electron chi connectivity index (χ0n) is 12.9. The van der Waals surface area contributed by atoms with Gasteiger partial charge < -0.3 is 15.8 Å². The molecule has 0 aliphatic rings. The van der Waals surface area contributed by atoms with Crippen LogP contribution in [-0.2, 0) is 11.3 Å². The molecule has 0 bridgehead atoms. The number of thiazole rings is 1. The van der Waals surface area contributed by atoms with E-state index in [-0.39, 0.29) is 6.61 Å². The van der Waals surface area contributed by atoms with E-state index in [0.717, 1.165) is 21.3 Å². The van der Waals surface area contributed by atoms with Crippen molar-refractivity contribution >= 4 is 38.9 Å². The molecule has 6 heteroatoms. The zero-order chi connectivity index (χ0) is 16.8. The maximum absolute atomic E-state index is 11.6. The van der Waals surface area contributed by atoms with Gasteiger partial charge in [-0.2, -0.15) is 0 Å². The van der Waals surface area contributed by atoms with Gasteiger partial charge in [0.05, 0.1) is 10.2 Å². The van der Waals surface area contributed by atoms with Gasteiger partial charge in [0.25, 0.3) is 0 Å². The van der Waals surface area contributed by atoms with Crippen LogP contribution >= 0.6 is 11.3 Å². The van der Waals surface area contributed by atoms with Crippen LogP contribution in [0.25, 0.3) is 16.3 Å². The first-order valence-electron chi connectivity index (χ1n) is 7.48. The summed E-state index contributed by atoms with van der Waals surface area (Å²) in [6.45, 7) is 0.636. The standard InChI is InChI=1S/C18H17N3O2S/c19-17-21-16-14(8-4-10-15(16)24-17)9-5-11-20-18(22)23-12-13-6-2-1-3-7-13/h1-10H,11-12H2,(H2,19,21)(H,20,22). The summed E-state index contributed by atoms with van der Waals surface area (Å²) in [4.78, 5) is 16.0. The van der Waals surface area contributed by atoms with Crippen LogP contribution in [0.5, 0.6) is 0 Å². The molecule has 0 spiro atoms. The summed E-state index contributed by atoms with van der Waals surface area (Å²) in [5, 5.41) is 3.24. The fourth-order valence-corrected chi connectivity index (χ4v) is 2.99. The van der Waals surface area contributed by atoms with Crippen LogP contribution in [0.4, 0.5) is 9.93 Å². The molecule has 0 radical (unpaired) electrons. The zero-order valence-corrected chi connectivity index (χ0v) is 13.8. The van der Waals surface area contributed by atoms with Gasteiger partial charge in [-0.3, -0.25) is 0 Å². The topological polar surface area (TPSA) is 77.2 Å². The summed E-state index contributed by atoms with van der Waals surface area (Å²) in [6.07, 6.45) is 3.33. The van der Waals surface area contributed by atoms with Crippen molar-refractivity contribution in [3.05, 3.63) is 65.7 Å². The molecule has 2 aromatic carbocycles. The second-order valence-corrected chi connectivity index (χ2v) is 6.15. The number of amides is 1. The number of carbonyl (C=O) groups is 1. The number of nitrogens with two attached hydrogens (primary N) is 1. The normalized spacial score (nSPS) is 11.0. The summed E-state index contributed by atoms with van der Waals surface area (Å²) >= 11 is 1.46. The third-order valence-electron chi connectivity index (χ3n) is 3.34. The number of para-hydroxylation sites is 1. The molecule has 1 heterocycles. The van der Waals surface area contributed by atoms with Crippen LogP contribution in [0.1, 0.15) is 11.1 Å². The van der Waals surface area contributed by atoms with Gasteiger partial charge in [0.2, 0.25) is 0 Å². The summed E-state index contributed by atoms with van der Waals surface area (Å²) < 4.78 is 6.19. The first-order chi connectivity index (χ1) is 11.7. The van der Waals surface area contributed by atoms with Crippen molar-refractivity contribution in [2.45, 2.75) is 6.61 Å². The number of aromatic nitrogens is 1. The highest BCUT2D eigenvalue weighted by molar-refractivity contribution is 7.22. The Morgan fingerprint density at radius 2 is 2.04 bits per heavy atom. The average Bonchev–Trinajstić information content (AvgIpc) is 2.99. The number of benzene rings is 2. The molecule has 3 rings (SSSR count). The molecule has 122 valence electrons. The summed E-state index contributed by atoms with van der Waals surface area (Å²) in [5.41, 5.74) is 8.55. The van der Waals surface area contributed by atoms with Gasteiger partial charge in [0.1, 0.15) is 6.61 Å². The Balaban J connectivity index is 1.50. The number of nitrogens with zero attached hydrogens (tertiary/aromatic N) is 1. The van der Waals surface area contributed by atoms with Gasteiger partial charge >= 0.3 is 6.09 Å². The molecule has 0 aliphatic heterocycles. The molecule has 1 aromatic heterocycles. The number of carbonyl (C=O) groups excluding carboxylic acids is 1. The van der Waals surface area contributed by atoms with Crippen LogP contribution in [0.15, 0.2) is 54.6 Å². The number of ether oxygens (including phenoxy) is 1. The van der Waals surface area contributed by atoms with Gasteiger partial charge in [-0.15, -0.1) is 0 Å². The number of rotatable bonds is 5.